The summed E-state index contributed by atoms with van der Waals surface area (Å²) in [5, 5.41) is 13.7. The Bertz CT molecular complexity index is 1660. The first kappa shape index (κ1) is 32.4. The van der Waals surface area contributed by atoms with Gasteiger partial charge in [0, 0.05) is 43.7 Å². The SMILES string of the molecule is COc1cc(CN(C(=O)C2=C(c3ccc(CCOc4c(C)ccc(C)c4C)cc3)C[C@@H]3CNC[C@H]2N3C(=O)O)C2CC2)cc(OC)c1. The predicted octanol–water partition coefficient (Wildman–Crippen LogP) is 5.92. The number of hydrogen-bond acceptors (Lipinski definition) is 6. The lowest BCUT2D eigenvalue weighted by atomic mass is 9.81. The van der Waals surface area contributed by atoms with Crippen LogP contribution in [0.15, 0.2) is 60.2 Å². The number of amides is 2. The van der Waals surface area contributed by atoms with Crippen LogP contribution in [0.1, 0.15) is 52.6 Å². The summed E-state index contributed by atoms with van der Waals surface area (Å²) in [4.78, 5) is 30.7. The fourth-order valence-corrected chi connectivity index (χ4v) is 6.98. The van der Waals surface area contributed by atoms with Crippen LogP contribution in [0.25, 0.3) is 5.57 Å². The number of nitrogens with one attached hydrogen (secondary N) is 1. The quantitative estimate of drug-likeness (QED) is 0.269. The Morgan fingerprint density at radius 2 is 1.60 bits per heavy atom. The zero-order chi connectivity index (χ0) is 33.2. The molecule has 2 heterocycles. The van der Waals surface area contributed by atoms with E-state index in [1.807, 2.05) is 23.1 Å². The largest absolute Gasteiger partial charge is 0.497 e. The number of carbonyl (C=O) groups is 2. The molecule has 0 aromatic heterocycles. The molecule has 2 aliphatic heterocycles. The van der Waals surface area contributed by atoms with Crippen LogP contribution in [0.4, 0.5) is 4.79 Å². The van der Waals surface area contributed by atoms with Gasteiger partial charge >= 0.3 is 6.09 Å². The summed E-state index contributed by atoms with van der Waals surface area (Å²) >= 11 is 0. The zero-order valence-corrected chi connectivity index (χ0v) is 28.0. The van der Waals surface area contributed by atoms with Gasteiger partial charge in [-0.25, -0.2) is 4.79 Å². The minimum absolute atomic E-state index is 0.101. The highest BCUT2D eigenvalue weighted by molar-refractivity contribution is 6.04. The van der Waals surface area contributed by atoms with Crippen LogP contribution in [0, 0.1) is 20.8 Å². The van der Waals surface area contributed by atoms with Crippen molar-refractivity contribution in [1.82, 2.24) is 15.1 Å². The van der Waals surface area contributed by atoms with E-state index < -0.39 is 12.1 Å². The summed E-state index contributed by atoms with van der Waals surface area (Å²) < 4.78 is 17.2. The van der Waals surface area contributed by atoms with E-state index in [9.17, 15) is 14.7 Å². The second-order valence-electron chi connectivity index (χ2n) is 12.9. The maximum absolute atomic E-state index is 14.7. The van der Waals surface area contributed by atoms with Gasteiger partial charge in [-0.1, -0.05) is 36.4 Å². The Morgan fingerprint density at radius 1 is 0.915 bits per heavy atom. The van der Waals surface area contributed by atoms with E-state index >= 15 is 0 Å². The molecule has 1 aliphatic carbocycles. The molecule has 6 rings (SSSR count). The summed E-state index contributed by atoms with van der Waals surface area (Å²) in [5.74, 6) is 2.16. The average molecular weight is 640 g/mol. The lowest BCUT2D eigenvalue weighted by molar-refractivity contribution is -0.129. The number of carboxylic acid groups (broad SMARTS) is 1. The highest BCUT2D eigenvalue weighted by Gasteiger charge is 2.46. The molecule has 2 N–H and O–H groups in total. The van der Waals surface area contributed by atoms with E-state index in [-0.39, 0.29) is 18.0 Å². The molecule has 0 unspecified atom stereocenters. The smallest absolute Gasteiger partial charge is 0.408 e. The number of piperazine rings is 1. The van der Waals surface area contributed by atoms with Gasteiger partial charge in [0.2, 0.25) is 0 Å². The van der Waals surface area contributed by atoms with Gasteiger partial charge in [-0.3, -0.25) is 9.69 Å². The Labute approximate surface area is 277 Å². The van der Waals surface area contributed by atoms with E-state index in [1.165, 1.54) is 16.0 Å². The third-order valence-corrected chi connectivity index (χ3v) is 9.82. The minimum atomic E-state index is -0.990. The lowest BCUT2D eigenvalue weighted by Crippen LogP contribution is -2.63. The molecule has 2 amide bonds. The number of methoxy groups -OCH3 is 2. The van der Waals surface area contributed by atoms with E-state index in [4.69, 9.17) is 14.2 Å². The first-order valence-corrected chi connectivity index (χ1v) is 16.4. The minimum Gasteiger partial charge on any atom is -0.497 e. The van der Waals surface area contributed by atoms with Crippen LogP contribution in [0.2, 0.25) is 0 Å². The molecule has 3 aromatic rings. The summed E-state index contributed by atoms with van der Waals surface area (Å²) in [6.07, 6.45) is 2.07. The van der Waals surface area contributed by atoms with Gasteiger partial charge in [-0.2, -0.15) is 0 Å². The van der Waals surface area contributed by atoms with Crippen molar-refractivity contribution in [2.75, 3.05) is 33.9 Å². The molecule has 1 saturated carbocycles. The van der Waals surface area contributed by atoms with Gasteiger partial charge in [0.25, 0.3) is 5.91 Å². The Hall–Kier alpha value is -4.50. The molecule has 9 heteroatoms. The van der Waals surface area contributed by atoms with Crippen molar-refractivity contribution in [2.24, 2.45) is 0 Å². The molecule has 248 valence electrons. The van der Waals surface area contributed by atoms with Crippen molar-refractivity contribution in [1.29, 1.82) is 0 Å². The van der Waals surface area contributed by atoms with Gasteiger partial charge < -0.3 is 29.5 Å². The monoisotopic (exact) mass is 639 g/mol. The summed E-state index contributed by atoms with van der Waals surface area (Å²) in [6, 6.07) is 17.5. The second-order valence-corrected chi connectivity index (χ2v) is 12.9. The zero-order valence-electron chi connectivity index (χ0n) is 28.0. The molecule has 9 nitrogen and oxygen atoms in total. The summed E-state index contributed by atoms with van der Waals surface area (Å²) in [5.41, 5.74) is 8.02. The maximum atomic E-state index is 14.7. The van der Waals surface area contributed by atoms with Crippen LogP contribution in [-0.4, -0.2) is 78.9 Å². The molecular weight excluding hydrogens is 594 g/mol. The molecule has 47 heavy (non-hydrogen) atoms. The fourth-order valence-electron chi connectivity index (χ4n) is 6.98. The van der Waals surface area contributed by atoms with Gasteiger partial charge in [-0.05, 0) is 91.1 Å². The number of carbonyl (C=O) groups excluding carboxylic acids is 1. The standard InChI is InChI=1S/C38H45N3O6/c1-23-6-7-24(2)36(25(23)3)47-15-14-26-8-10-28(11-9-26)33-18-30-20-39-21-34(41(30)38(43)44)35(33)37(42)40(29-12-13-29)22-27-16-31(45-4)19-32(17-27)46-5/h6-11,16-17,19,29-30,34,39H,12-15,18,20-22H2,1-5H3,(H,43,44)/t30-,34-/m1/s1. The van der Waals surface area contributed by atoms with Gasteiger partial charge in [0.15, 0.2) is 0 Å². The summed E-state index contributed by atoms with van der Waals surface area (Å²) in [6.45, 7) is 8.15. The first-order valence-electron chi connectivity index (χ1n) is 16.4. The Balaban J connectivity index is 1.30. The van der Waals surface area contributed by atoms with Gasteiger partial charge in [0.1, 0.15) is 17.2 Å². The van der Waals surface area contributed by atoms with Crippen LogP contribution in [-0.2, 0) is 17.8 Å². The van der Waals surface area contributed by atoms with Crippen LogP contribution in [0.5, 0.6) is 17.2 Å². The first-order chi connectivity index (χ1) is 22.7. The summed E-state index contributed by atoms with van der Waals surface area (Å²) in [7, 11) is 3.22. The van der Waals surface area contributed by atoms with Gasteiger partial charge in [0.05, 0.1) is 32.9 Å². The van der Waals surface area contributed by atoms with Crippen molar-refractivity contribution in [2.45, 2.75) is 71.1 Å². The van der Waals surface area contributed by atoms with E-state index in [0.717, 1.165) is 52.8 Å². The molecule has 3 aromatic carbocycles. The Morgan fingerprint density at radius 3 is 2.23 bits per heavy atom. The van der Waals surface area contributed by atoms with Crippen molar-refractivity contribution < 1.29 is 28.9 Å². The van der Waals surface area contributed by atoms with Crippen molar-refractivity contribution >= 4 is 17.6 Å². The molecule has 0 radical (unpaired) electrons. The number of ether oxygens (including phenoxy) is 3. The highest BCUT2D eigenvalue weighted by atomic mass is 16.5. The second kappa shape index (κ2) is 13.7. The maximum Gasteiger partial charge on any atom is 0.408 e. The average Bonchev–Trinajstić information content (AvgIpc) is 3.92. The van der Waals surface area contributed by atoms with E-state index in [2.05, 4.69) is 62.5 Å². The fraction of sp³-hybridized carbons (Fsp3) is 0.421. The van der Waals surface area contributed by atoms with E-state index in [0.29, 0.717) is 49.7 Å². The van der Waals surface area contributed by atoms with Crippen LogP contribution >= 0.6 is 0 Å². The molecular formula is C38H45N3O6. The number of nitrogens with zero attached hydrogens (tertiary/aromatic N) is 2. The van der Waals surface area contributed by atoms with Crippen LogP contribution < -0.4 is 19.5 Å². The molecule has 2 bridgehead atoms. The molecule has 2 atom stereocenters. The molecule has 1 saturated heterocycles. The molecule has 2 fully saturated rings. The highest BCUT2D eigenvalue weighted by Crippen LogP contribution is 2.40. The van der Waals surface area contributed by atoms with Crippen molar-refractivity contribution in [3.63, 3.8) is 0 Å². The van der Waals surface area contributed by atoms with E-state index in [1.54, 1.807) is 14.2 Å². The van der Waals surface area contributed by atoms with Crippen LogP contribution in [0.3, 0.4) is 0 Å². The number of fused-ring (bicyclic) bond motifs is 2. The van der Waals surface area contributed by atoms with Crippen molar-refractivity contribution in [3.8, 4) is 17.2 Å². The number of hydrogen-bond donors (Lipinski definition) is 2. The lowest BCUT2D eigenvalue weighted by Gasteiger charge is -2.47. The van der Waals surface area contributed by atoms with Crippen molar-refractivity contribution in [3.05, 3.63) is 93.6 Å². The number of rotatable bonds is 11. The third kappa shape index (κ3) is 6.81. The molecule has 3 aliphatic rings. The molecule has 0 spiro atoms. The normalized spacial score (nSPS) is 19.0. The number of benzene rings is 3. The Kier molecular flexibility index (Phi) is 9.45. The third-order valence-electron chi connectivity index (χ3n) is 9.82. The van der Waals surface area contributed by atoms with Gasteiger partial charge in [-0.15, -0.1) is 0 Å². The topological polar surface area (TPSA) is 101 Å². The predicted molar refractivity (Wildman–Crippen MR) is 181 cm³/mol. The number of aryl methyl sites for hydroxylation is 2.